The van der Waals surface area contributed by atoms with E-state index in [-0.39, 0.29) is 109 Å². The number of benzene rings is 1. The summed E-state index contributed by atoms with van der Waals surface area (Å²) in [5, 5.41) is 76.3. The molecular formula is C47H69F3IN9O18. The lowest BCUT2D eigenvalue weighted by atomic mass is 9.81. The van der Waals surface area contributed by atoms with Gasteiger partial charge in [-0.2, -0.15) is 13.2 Å². The molecule has 1 saturated carbocycles. The molecule has 3 rings (SSSR count). The number of urea groups is 1. The molecule has 1 saturated heterocycles. The van der Waals surface area contributed by atoms with Gasteiger partial charge in [0, 0.05) is 87.8 Å². The van der Waals surface area contributed by atoms with E-state index in [9.17, 15) is 86.6 Å². The van der Waals surface area contributed by atoms with Crippen LogP contribution >= 0.6 is 22.6 Å². The van der Waals surface area contributed by atoms with Gasteiger partial charge in [-0.3, -0.25) is 53.2 Å². The zero-order valence-electron chi connectivity index (χ0n) is 42.6. The summed E-state index contributed by atoms with van der Waals surface area (Å²) in [4.78, 5) is 138. The van der Waals surface area contributed by atoms with E-state index in [2.05, 4.69) is 49.2 Å². The number of aliphatic carboxylic acids is 7. The molecule has 1 aliphatic heterocycles. The number of hydrogen-bond acceptors (Lipinski definition) is 15. The van der Waals surface area contributed by atoms with Gasteiger partial charge in [-0.1, -0.05) is 12.1 Å². The minimum absolute atomic E-state index is 0.0250. The van der Waals surface area contributed by atoms with Crippen molar-refractivity contribution in [3.63, 3.8) is 0 Å². The van der Waals surface area contributed by atoms with Gasteiger partial charge in [-0.25, -0.2) is 19.2 Å². The molecule has 31 heteroatoms. The van der Waals surface area contributed by atoms with Crippen molar-refractivity contribution in [3.8, 4) is 0 Å². The lowest BCUT2D eigenvalue weighted by Crippen LogP contribution is -2.51. The molecule has 0 radical (unpaired) electrons. The number of nitrogens with zero attached hydrogens (tertiary/aromatic N) is 4. The number of unbranched alkanes of at least 4 members (excludes halogenated alkanes) is 1. The van der Waals surface area contributed by atoms with Crippen molar-refractivity contribution < 1.29 is 102 Å². The van der Waals surface area contributed by atoms with E-state index >= 15 is 0 Å². The molecule has 78 heavy (non-hydrogen) atoms. The van der Waals surface area contributed by atoms with Crippen LogP contribution in [0.1, 0.15) is 63.4 Å². The van der Waals surface area contributed by atoms with Crippen molar-refractivity contribution >= 4 is 88.1 Å². The summed E-state index contributed by atoms with van der Waals surface area (Å²) < 4.78 is 32.7. The van der Waals surface area contributed by atoms with Gasteiger partial charge in [-0.15, -0.1) is 0 Å². The summed E-state index contributed by atoms with van der Waals surface area (Å²) >= 11 is 2.15. The van der Waals surface area contributed by atoms with Gasteiger partial charge in [0.1, 0.15) is 18.1 Å². The lowest BCUT2D eigenvalue weighted by Gasteiger charge is -2.33. The summed E-state index contributed by atoms with van der Waals surface area (Å²) in [6.45, 7) is 1.77. The summed E-state index contributed by atoms with van der Waals surface area (Å²) in [5.74, 6) is -11.4. The average molecular weight is 1230 g/mol. The van der Waals surface area contributed by atoms with E-state index in [0.717, 1.165) is 9.13 Å². The quantitative estimate of drug-likeness (QED) is 0.0398. The standard InChI is InChI=1S/C45H68IN9O16.C2HF3O2/c46-32-5-3-4-30(22-32)23-35(42(66)47-13-2-1-6-33(43(67)68)50-45(71)51-34(44(69)70)11-12-37(57)58)49-41(65)31-9-7-29(8-10-31)24-48-36(56)25-52-14-16-53(26-38(59)60)18-20-55(28-40(63)64)21-19-54(17-15-52)27-39(61)62;3-2(4,5)1(6)7/h3-5,22,29,31,33-35H,1-2,6-21,23-28H2,(H,47,66)(H,48,56)(H,49,65)(H,57,58)(H,59,60)(H,61,62)(H,63,64)(H,67,68)(H,69,70)(H2,50,51,71);(H,6,7)/t29?,31?,33-,34-,35-;/m0./s1. The first-order valence-corrected chi connectivity index (χ1v) is 25.9. The summed E-state index contributed by atoms with van der Waals surface area (Å²) in [7, 11) is 0. The number of rotatable bonds is 27. The lowest BCUT2D eigenvalue weighted by molar-refractivity contribution is -0.192. The van der Waals surface area contributed by atoms with Crippen molar-refractivity contribution in [2.24, 2.45) is 11.8 Å². The Morgan fingerprint density at radius 1 is 0.590 bits per heavy atom. The molecular weight excluding hydrogens is 1160 g/mol. The van der Waals surface area contributed by atoms with E-state index in [0.29, 0.717) is 51.7 Å². The van der Waals surface area contributed by atoms with Crippen molar-refractivity contribution in [2.75, 3.05) is 91.6 Å². The molecule has 1 aromatic rings. The van der Waals surface area contributed by atoms with Crippen LogP contribution in [-0.4, -0.2) is 237 Å². The first kappa shape index (κ1) is 67.7. The van der Waals surface area contributed by atoms with Crippen LogP contribution in [0, 0.1) is 15.4 Å². The topological polar surface area (TPSA) is 402 Å². The van der Waals surface area contributed by atoms with Crippen molar-refractivity contribution in [3.05, 3.63) is 33.4 Å². The second-order valence-corrected chi connectivity index (χ2v) is 19.9. The zero-order chi connectivity index (χ0) is 58.5. The molecule has 0 bridgehead atoms. The highest BCUT2D eigenvalue weighted by Crippen LogP contribution is 2.29. The minimum Gasteiger partial charge on any atom is -0.481 e. The normalized spacial score (nSPS) is 18.3. The van der Waals surface area contributed by atoms with Gasteiger partial charge >= 0.3 is 54.0 Å². The Kier molecular flexibility index (Phi) is 30.5. The van der Waals surface area contributed by atoms with E-state index < -0.39 is 96.8 Å². The molecule has 0 aromatic heterocycles. The molecule has 0 unspecified atom stereocenters. The SMILES string of the molecule is O=C(O)C(F)(F)F.O=C(O)CC[C@H](NC(=O)N[C@@H](CCCCNC(=O)[C@H](Cc1cccc(I)c1)NC(=O)C1CCC(CNC(=O)CN2CCN(CC(=O)O)CCN(CC(=O)O)CCN(CC(=O)O)CC2)CC1)C(=O)O)C(=O)O. The predicted octanol–water partition coefficient (Wildman–Crippen LogP) is -0.293. The van der Waals surface area contributed by atoms with Crippen LogP contribution in [0.15, 0.2) is 24.3 Å². The van der Waals surface area contributed by atoms with Crippen LogP contribution in [-0.2, 0) is 54.4 Å². The number of carbonyl (C=O) groups is 11. The fourth-order valence-corrected chi connectivity index (χ4v) is 8.89. The molecule has 27 nitrogen and oxygen atoms in total. The van der Waals surface area contributed by atoms with Gasteiger partial charge in [-0.05, 0) is 97.6 Å². The van der Waals surface area contributed by atoms with Gasteiger partial charge < -0.3 is 62.3 Å². The maximum Gasteiger partial charge on any atom is 0.490 e. The largest absolute Gasteiger partial charge is 0.490 e. The van der Waals surface area contributed by atoms with Crippen LogP contribution in [0.4, 0.5) is 18.0 Å². The third kappa shape index (κ3) is 29.3. The highest BCUT2D eigenvalue weighted by atomic mass is 127. The third-order valence-electron chi connectivity index (χ3n) is 12.5. The van der Waals surface area contributed by atoms with Crippen LogP contribution in [0.25, 0.3) is 0 Å². The van der Waals surface area contributed by atoms with Gasteiger partial charge in [0.05, 0.1) is 26.2 Å². The number of halogens is 4. The molecule has 2 fully saturated rings. The van der Waals surface area contributed by atoms with Crippen molar-refractivity contribution in [1.29, 1.82) is 0 Å². The molecule has 3 atom stereocenters. The number of alkyl halides is 3. The van der Waals surface area contributed by atoms with Gasteiger partial charge in [0.25, 0.3) is 0 Å². The molecule has 438 valence electrons. The van der Waals surface area contributed by atoms with E-state index in [4.69, 9.17) is 15.0 Å². The minimum atomic E-state index is -5.08. The van der Waals surface area contributed by atoms with Crippen LogP contribution in [0.5, 0.6) is 0 Å². The van der Waals surface area contributed by atoms with Gasteiger partial charge in [0.2, 0.25) is 17.7 Å². The molecule has 1 heterocycles. The number of amides is 5. The fraction of sp³-hybridized carbons (Fsp3) is 0.638. The highest BCUT2D eigenvalue weighted by Gasteiger charge is 2.38. The Balaban J connectivity index is 0.00000277. The Morgan fingerprint density at radius 3 is 1.47 bits per heavy atom. The van der Waals surface area contributed by atoms with Crippen molar-refractivity contribution in [2.45, 2.75) is 88.5 Å². The van der Waals surface area contributed by atoms with E-state index in [1.54, 1.807) is 14.7 Å². The Bertz CT molecular complexity index is 2180. The smallest absolute Gasteiger partial charge is 0.481 e. The van der Waals surface area contributed by atoms with Crippen molar-refractivity contribution in [1.82, 2.24) is 46.2 Å². The first-order chi connectivity index (χ1) is 36.6. The Morgan fingerprint density at radius 2 is 1.05 bits per heavy atom. The number of carboxylic acid groups (broad SMARTS) is 7. The zero-order valence-corrected chi connectivity index (χ0v) is 44.7. The van der Waals surface area contributed by atoms with Gasteiger partial charge in [0.15, 0.2) is 0 Å². The molecule has 1 aliphatic carbocycles. The maximum atomic E-state index is 13.7. The number of hydrogen-bond donors (Lipinski definition) is 12. The average Bonchev–Trinajstić information content (AvgIpc) is 3.34. The Hall–Kier alpha value is -6.45. The number of carboxylic acids is 7. The molecule has 12 N–H and O–H groups in total. The molecule has 0 spiro atoms. The molecule has 1 aromatic carbocycles. The summed E-state index contributed by atoms with van der Waals surface area (Å²) in [6, 6.07) is 2.48. The van der Waals surface area contributed by atoms with Crippen LogP contribution < -0.4 is 26.6 Å². The fourth-order valence-electron chi connectivity index (χ4n) is 8.28. The molecule has 5 amide bonds. The first-order valence-electron chi connectivity index (χ1n) is 24.8. The Labute approximate surface area is 459 Å². The third-order valence-corrected chi connectivity index (χ3v) is 13.1. The maximum absolute atomic E-state index is 13.7. The summed E-state index contributed by atoms with van der Waals surface area (Å²) in [5.41, 5.74) is 0.811. The van der Waals surface area contributed by atoms with E-state index in [1.165, 1.54) is 0 Å². The van der Waals surface area contributed by atoms with Crippen LogP contribution in [0.2, 0.25) is 0 Å². The van der Waals surface area contributed by atoms with E-state index in [1.807, 2.05) is 29.2 Å². The molecule has 2 aliphatic rings. The predicted molar refractivity (Wildman–Crippen MR) is 274 cm³/mol. The number of nitrogens with one attached hydrogen (secondary N) is 5. The van der Waals surface area contributed by atoms with Crippen LogP contribution in [0.3, 0.4) is 0 Å². The highest BCUT2D eigenvalue weighted by molar-refractivity contribution is 14.1. The summed E-state index contributed by atoms with van der Waals surface area (Å²) in [6.07, 6.45) is -3.10. The monoisotopic (exact) mass is 1230 g/mol. The second kappa shape index (κ2) is 35.1. The number of carbonyl (C=O) groups excluding carboxylic acids is 4. The second-order valence-electron chi connectivity index (χ2n) is 18.6.